The first-order chi connectivity index (χ1) is 15.9. The number of rotatable bonds is 5. The normalized spacial score (nSPS) is 14.2. The maximum Gasteiger partial charge on any atom is 0.275 e. The summed E-state index contributed by atoms with van der Waals surface area (Å²) in [6, 6.07) is 13.1. The highest BCUT2D eigenvalue weighted by molar-refractivity contribution is 5.93. The Morgan fingerprint density at radius 1 is 1.12 bits per heavy atom. The highest BCUT2D eigenvalue weighted by atomic mass is 16.2. The SMILES string of the molecule is Cc1nn(CC(=O)Nc2ccc3c(c2)nc2n3CCN(CC(C)C)C2)c(=O)c2ccccc12. The molecule has 2 aromatic carbocycles. The molecule has 0 saturated carbocycles. The van der Waals surface area contributed by atoms with Crippen molar-refractivity contribution in [2.75, 3.05) is 18.4 Å². The average Bonchev–Trinajstić information content (AvgIpc) is 3.13. The van der Waals surface area contributed by atoms with Crippen molar-refractivity contribution >= 4 is 33.4 Å². The number of imidazole rings is 1. The van der Waals surface area contributed by atoms with Gasteiger partial charge in [-0.25, -0.2) is 9.67 Å². The summed E-state index contributed by atoms with van der Waals surface area (Å²) in [4.78, 5) is 32.7. The van der Waals surface area contributed by atoms with E-state index in [1.165, 1.54) is 4.68 Å². The number of hydrogen-bond acceptors (Lipinski definition) is 5. The van der Waals surface area contributed by atoms with Crippen LogP contribution in [0.2, 0.25) is 0 Å². The zero-order chi connectivity index (χ0) is 23.1. The molecule has 0 aliphatic carbocycles. The summed E-state index contributed by atoms with van der Waals surface area (Å²) >= 11 is 0. The van der Waals surface area contributed by atoms with Crippen molar-refractivity contribution in [2.45, 2.75) is 40.4 Å². The highest BCUT2D eigenvalue weighted by Crippen LogP contribution is 2.24. The Balaban J connectivity index is 1.35. The minimum absolute atomic E-state index is 0.146. The molecule has 1 amide bonds. The minimum atomic E-state index is -0.300. The maximum atomic E-state index is 12.8. The molecule has 0 atom stereocenters. The number of hydrogen-bond donors (Lipinski definition) is 1. The van der Waals surface area contributed by atoms with E-state index in [0.717, 1.165) is 54.1 Å². The van der Waals surface area contributed by atoms with Gasteiger partial charge in [-0.05, 0) is 37.1 Å². The molecule has 0 spiro atoms. The van der Waals surface area contributed by atoms with E-state index in [-0.39, 0.29) is 18.0 Å². The number of fused-ring (bicyclic) bond motifs is 4. The summed E-state index contributed by atoms with van der Waals surface area (Å²) < 4.78 is 3.49. The van der Waals surface area contributed by atoms with Gasteiger partial charge in [0, 0.05) is 30.7 Å². The topological polar surface area (TPSA) is 85.1 Å². The second kappa shape index (κ2) is 8.44. The molecular formula is C25H28N6O2. The van der Waals surface area contributed by atoms with E-state index in [1.54, 1.807) is 6.07 Å². The Kier molecular flexibility index (Phi) is 5.46. The summed E-state index contributed by atoms with van der Waals surface area (Å²) in [5, 5.41) is 8.59. The van der Waals surface area contributed by atoms with Crippen molar-refractivity contribution in [1.82, 2.24) is 24.2 Å². The Morgan fingerprint density at radius 3 is 2.70 bits per heavy atom. The number of aryl methyl sites for hydroxylation is 1. The molecule has 5 rings (SSSR count). The van der Waals surface area contributed by atoms with Gasteiger partial charge in [0.15, 0.2) is 0 Å². The van der Waals surface area contributed by atoms with E-state index in [0.29, 0.717) is 17.0 Å². The predicted molar refractivity (Wildman–Crippen MR) is 129 cm³/mol. The van der Waals surface area contributed by atoms with Crippen molar-refractivity contribution in [1.29, 1.82) is 0 Å². The van der Waals surface area contributed by atoms with Crippen LogP contribution in [0.5, 0.6) is 0 Å². The van der Waals surface area contributed by atoms with Crippen molar-refractivity contribution in [3.05, 3.63) is 64.3 Å². The predicted octanol–water partition coefficient (Wildman–Crippen LogP) is 3.16. The van der Waals surface area contributed by atoms with Crippen LogP contribution < -0.4 is 10.9 Å². The van der Waals surface area contributed by atoms with Crippen LogP contribution in [-0.4, -0.2) is 43.2 Å². The van der Waals surface area contributed by atoms with Gasteiger partial charge in [0.25, 0.3) is 5.56 Å². The molecule has 1 N–H and O–H groups in total. The van der Waals surface area contributed by atoms with Crippen LogP contribution in [0.15, 0.2) is 47.3 Å². The number of carbonyl (C=O) groups is 1. The van der Waals surface area contributed by atoms with Gasteiger partial charge in [-0.15, -0.1) is 0 Å². The number of benzene rings is 2. The minimum Gasteiger partial charge on any atom is -0.326 e. The molecule has 1 aliphatic rings. The standard InChI is InChI=1S/C25H28N6O2/c1-16(2)13-29-10-11-30-22-9-8-18(12-21(22)27-23(30)14-29)26-24(32)15-31-25(33)20-7-5-4-6-19(20)17(3)28-31/h4-9,12,16H,10-11,13-15H2,1-3H3,(H,26,32). The average molecular weight is 445 g/mol. The second-order valence-electron chi connectivity index (χ2n) is 9.15. The maximum absolute atomic E-state index is 12.8. The number of carbonyl (C=O) groups excluding carboxylic acids is 1. The Bertz CT molecular complexity index is 1420. The Hall–Kier alpha value is -3.52. The first kappa shape index (κ1) is 21.3. The molecule has 1 aliphatic heterocycles. The first-order valence-electron chi connectivity index (χ1n) is 11.4. The highest BCUT2D eigenvalue weighted by Gasteiger charge is 2.21. The van der Waals surface area contributed by atoms with Gasteiger partial charge in [-0.2, -0.15) is 5.10 Å². The summed E-state index contributed by atoms with van der Waals surface area (Å²) in [5.41, 5.74) is 3.05. The van der Waals surface area contributed by atoms with Gasteiger partial charge in [0.1, 0.15) is 12.4 Å². The Morgan fingerprint density at radius 2 is 1.91 bits per heavy atom. The van der Waals surface area contributed by atoms with Crippen LogP contribution >= 0.6 is 0 Å². The Labute approximate surface area is 191 Å². The molecule has 0 fully saturated rings. The van der Waals surface area contributed by atoms with Gasteiger partial charge in [-0.1, -0.05) is 32.0 Å². The molecule has 3 heterocycles. The lowest BCUT2D eigenvalue weighted by Gasteiger charge is -2.29. The molecule has 0 bridgehead atoms. The summed E-state index contributed by atoms with van der Waals surface area (Å²) in [5.74, 6) is 1.38. The molecule has 8 nitrogen and oxygen atoms in total. The first-order valence-corrected chi connectivity index (χ1v) is 11.4. The van der Waals surface area contributed by atoms with Gasteiger partial charge in [0.05, 0.1) is 28.7 Å². The molecule has 0 radical (unpaired) electrons. The van der Waals surface area contributed by atoms with Crippen molar-refractivity contribution in [2.24, 2.45) is 5.92 Å². The molecule has 33 heavy (non-hydrogen) atoms. The number of nitrogens with one attached hydrogen (secondary N) is 1. The fourth-order valence-electron chi connectivity index (χ4n) is 4.67. The van der Waals surface area contributed by atoms with E-state index in [2.05, 4.69) is 33.7 Å². The van der Waals surface area contributed by atoms with Crippen LogP contribution in [0, 0.1) is 12.8 Å². The largest absolute Gasteiger partial charge is 0.326 e. The van der Waals surface area contributed by atoms with Crippen LogP contribution in [0.1, 0.15) is 25.4 Å². The van der Waals surface area contributed by atoms with E-state index >= 15 is 0 Å². The van der Waals surface area contributed by atoms with Crippen molar-refractivity contribution in [3.8, 4) is 0 Å². The van der Waals surface area contributed by atoms with E-state index in [4.69, 9.17) is 4.98 Å². The third kappa shape index (κ3) is 4.14. The summed E-state index contributed by atoms with van der Waals surface area (Å²) in [7, 11) is 0. The molecule has 0 unspecified atom stereocenters. The lowest BCUT2D eigenvalue weighted by atomic mass is 10.1. The second-order valence-corrected chi connectivity index (χ2v) is 9.15. The van der Waals surface area contributed by atoms with Gasteiger partial charge in [-0.3, -0.25) is 14.5 Å². The summed E-state index contributed by atoms with van der Waals surface area (Å²) in [6.45, 7) is 9.99. The molecular weight excluding hydrogens is 416 g/mol. The zero-order valence-corrected chi connectivity index (χ0v) is 19.2. The molecule has 2 aromatic heterocycles. The number of anilines is 1. The monoisotopic (exact) mass is 444 g/mol. The number of amides is 1. The van der Waals surface area contributed by atoms with E-state index in [9.17, 15) is 9.59 Å². The van der Waals surface area contributed by atoms with Crippen LogP contribution in [0.25, 0.3) is 21.8 Å². The van der Waals surface area contributed by atoms with E-state index in [1.807, 2.05) is 43.3 Å². The number of aromatic nitrogens is 4. The van der Waals surface area contributed by atoms with Gasteiger partial charge < -0.3 is 9.88 Å². The van der Waals surface area contributed by atoms with Crippen molar-refractivity contribution < 1.29 is 4.79 Å². The smallest absolute Gasteiger partial charge is 0.275 e. The number of nitrogens with zero attached hydrogens (tertiary/aromatic N) is 5. The lowest BCUT2D eigenvalue weighted by Crippen LogP contribution is -2.36. The van der Waals surface area contributed by atoms with Crippen LogP contribution in [0.3, 0.4) is 0 Å². The third-order valence-electron chi connectivity index (χ3n) is 6.09. The van der Waals surface area contributed by atoms with Crippen LogP contribution in [0.4, 0.5) is 5.69 Å². The molecule has 0 saturated heterocycles. The molecule has 4 aromatic rings. The van der Waals surface area contributed by atoms with Gasteiger partial charge >= 0.3 is 0 Å². The fourth-order valence-corrected chi connectivity index (χ4v) is 4.67. The summed E-state index contributed by atoms with van der Waals surface area (Å²) in [6.07, 6.45) is 0. The molecule has 8 heteroatoms. The lowest BCUT2D eigenvalue weighted by molar-refractivity contribution is -0.117. The van der Waals surface area contributed by atoms with E-state index < -0.39 is 0 Å². The van der Waals surface area contributed by atoms with Crippen LogP contribution in [-0.2, 0) is 24.4 Å². The zero-order valence-electron chi connectivity index (χ0n) is 19.2. The van der Waals surface area contributed by atoms with Crippen molar-refractivity contribution in [3.63, 3.8) is 0 Å². The van der Waals surface area contributed by atoms with Gasteiger partial charge in [0.2, 0.25) is 5.91 Å². The third-order valence-corrected chi connectivity index (χ3v) is 6.09. The fraction of sp³-hybridized carbons (Fsp3) is 0.360. The quantitative estimate of drug-likeness (QED) is 0.511. The molecule has 170 valence electrons.